The second-order valence-electron chi connectivity index (χ2n) is 2.02. The predicted octanol–water partition coefficient (Wildman–Crippen LogP) is 1.08. The fraction of sp³-hybridized carbons (Fsp3) is 0. The Morgan fingerprint density at radius 1 is 1.62 bits per heavy atom. The summed E-state index contributed by atoms with van der Waals surface area (Å²) < 4.78 is 25.6. The lowest BCUT2D eigenvalue weighted by Gasteiger charge is -2.03. The Morgan fingerprint density at radius 3 is 2.77 bits per heavy atom. The van der Waals surface area contributed by atoms with Gasteiger partial charge in [-0.1, -0.05) is 11.6 Å². The Labute approximate surface area is 88.2 Å². The van der Waals surface area contributed by atoms with E-state index in [4.69, 9.17) is 11.6 Å². The molecule has 0 saturated heterocycles. The molecular formula is C5H4BrClN2O3S. The molecular weight excluding hydrogens is 283 g/mol. The minimum absolute atomic E-state index is 0.0463. The zero-order chi connectivity index (χ0) is 10.1. The van der Waals surface area contributed by atoms with Gasteiger partial charge in [0.05, 0.1) is 5.02 Å². The molecule has 0 aliphatic carbocycles. The van der Waals surface area contributed by atoms with Gasteiger partial charge in [-0.05, 0) is 15.9 Å². The second kappa shape index (κ2) is 3.79. The van der Waals surface area contributed by atoms with Crippen molar-refractivity contribution in [2.24, 2.45) is 5.14 Å². The van der Waals surface area contributed by atoms with Crippen LogP contribution in [0.3, 0.4) is 0 Å². The van der Waals surface area contributed by atoms with Gasteiger partial charge in [-0.25, -0.2) is 4.98 Å². The standard InChI is InChI=1S/C5H4BrClN2O3S/c6-5-4(12-13(8,10)11)1-3(7)2-9-5/h1-2H,(H2,8,10,11). The SMILES string of the molecule is NS(=O)(=O)Oc1cc(Cl)cnc1Br. The monoisotopic (exact) mass is 286 g/mol. The van der Waals surface area contributed by atoms with Gasteiger partial charge in [0.25, 0.3) is 0 Å². The molecule has 0 radical (unpaired) electrons. The highest BCUT2D eigenvalue weighted by molar-refractivity contribution is 9.10. The summed E-state index contributed by atoms with van der Waals surface area (Å²) in [4.78, 5) is 3.70. The summed E-state index contributed by atoms with van der Waals surface area (Å²) in [5, 5.41) is 4.90. The van der Waals surface area contributed by atoms with Crippen molar-refractivity contribution in [3.05, 3.63) is 21.9 Å². The molecule has 0 fully saturated rings. The van der Waals surface area contributed by atoms with Gasteiger partial charge < -0.3 is 4.18 Å². The Bertz CT molecular complexity index is 422. The highest BCUT2D eigenvalue weighted by Gasteiger charge is 2.10. The second-order valence-corrected chi connectivity index (χ2v) is 4.36. The van der Waals surface area contributed by atoms with E-state index in [1.807, 2.05) is 0 Å². The van der Waals surface area contributed by atoms with Gasteiger partial charge in [0.1, 0.15) is 4.60 Å². The Balaban J connectivity index is 3.08. The van der Waals surface area contributed by atoms with Crippen LogP contribution in [0, 0.1) is 0 Å². The molecule has 2 N–H and O–H groups in total. The molecule has 5 nitrogen and oxygen atoms in total. The number of halogens is 2. The number of nitrogens with zero attached hydrogens (tertiary/aromatic N) is 1. The number of pyridine rings is 1. The van der Waals surface area contributed by atoms with Crippen molar-refractivity contribution in [1.29, 1.82) is 0 Å². The number of hydrogen-bond acceptors (Lipinski definition) is 4. The molecule has 0 unspecified atom stereocenters. The third-order valence-electron chi connectivity index (χ3n) is 0.979. The molecule has 0 aliphatic heterocycles. The lowest BCUT2D eigenvalue weighted by Crippen LogP contribution is -2.19. The van der Waals surface area contributed by atoms with Crippen LogP contribution in [0.5, 0.6) is 5.75 Å². The van der Waals surface area contributed by atoms with Crippen LogP contribution in [0.2, 0.25) is 5.02 Å². The van der Waals surface area contributed by atoms with Crippen LogP contribution < -0.4 is 9.32 Å². The largest absolute Gasteiger partial charge is 0.380 e. The molecule has 1 aromatic rings. The molecule has 0 bridgehead atoms. The summed E-state index contributed by atoms with van der Waals surface area (Å²) in [6.45, 7) is 0. The fourth-order valence-corrected chi connectivity index (χ4v) is 1.52. The first-order chi connectivity index (χ1) is 5.88. The summed E-state index contributed by atoms with van der Waals surface area (Å²) >= 11 is 8.52. The predicted molar refractivity (Wildman–Crippen MR) is 50.7 cm³/mol. The van der Waals surface area contributed by atoms with Crippen LogP contribution in [0.15, 0.2) is 16.9 Å². The van der Waals surface area contributed by atoms with E-state index in [0.717, 1.165) is 0 Å². The smallest absolute Gasteiger partial charge is 0.368 e. The molecule has 1 rings (SSSR count). The first-order valence-electron chi connectivity index (χ1n) is 2.92. The third-order valence-corrected chi connectivity index (χ3v) is 2.19. The third kappa shape index (κ3) is 3.47. The average Bonchev–Trinajstić information content (AvgIpc) is 1.94. The molecule has 1 aromatic heterocycles. The summed E-state index contributed by atoms with van der Waals surface area (Å²) in [5.74, 6) is -0.0463. The topological polar surface area (TPSA) is 82.3 Å². The highest BCUT2D eigenvalue weighted by atomic mass is 79.9. The Morgan fingerprint density at radius 2 is 2.23 bits per heavy atom. The van der Waals surface area contributed by atoms with Gasteiger partial charge in [0.2, 0.25) is 0 Å². The maximum absolute atomic E-state index is 10.5. The zero-order valence-electron chi connectivity index (χ0n) is 6.07. The molecule has 0 aliphatic rings. The van der Waals surface area contributed by atoms with E-state index in [9.17, 15) is 8.42 Å². The first kappa shape index (κ1) is 10.7. The molecule has 8 heteroatoms. The van der Waals surface area contributed by atoms with Crippen molar-refractivity contribution in [2.75, 3.05) is 0 Å². The lowest BCUT2D eigenvalue weighted by atomic mass is 10.5. The molecule has 0 amide bonds. The van der Waals surface area contributed by atoms with E-state index >= 15 is 0 Å². The minimum atomic E-state index is -4.05. The van der Waals surface area contributed by atoms with Gasteiger partial charge in [-0.15, -0.1) is 0 Å². The summed E-state index contributed by atoms with van der Waals surface area (Å²) in [6, 6.07) is 1.28. The fourth-order valence-electron chi connectivity index (χ4n) is 0.588. The molecule has 0 saturated carbocycles. The van der Waals surface area contributed by atoms with Gasteiger partial charge in [-0.3, -0.25) is 0 Å². The van der Waals surface area contributed by atoms with Crippen molar-refractivity contribution >= 4 is 37.8 Å². The summed E-state index contributed by atoms with van der Waals surface area (Å²) in [5.41, 5.74) is 0. The number of hydrogen-bond donors (Lipinski definition) is 1. The highest BCUT2D eigenvalue weighted by Crippen LogP contribution is 2.25. The Kier molecular flexibility index (Phi) is 3.12. The van der Waals surface area contributed by atoms with Crippen molar-refractivity contribution in [3.8, 4) is 5.75 Å². The van der Waals surface area contributed by atoms with Crippen LogP contribution in [0.25, 0.3) is 0 Å². The van der Waals surface area contributed by atoms with Crippen LogP contribution in [-0.4, -0.2) is 13.4 Å². The molecule has 0 atom stereocenters. The normalized spacial score (nSPS) is 11.3. The molecule has 0 spiro atoms. The van der Waals surface area contributed by atoms with E-state index in [-0.39, 0.29) is 15.4 Å². The maximum Gasteiger partial charge on any atom is 0.380 e. The van der Waals surface area contributed by atoms with Gasteiger partial charge in [-0.2, -0.15) is 13.6 Å². The number of nitrogens with two attached hydrogens (primary N) is 1. The van der Waals surface area contributed by atoms with Crippen LogP contribution in [-0.2, 0) is 10.3 Å². The van der Waals surface area contributed by atoms with E-state index in [2.05, 4.69) is 30.2 Å². The molecule has 0 aromatic carbocycles. The summed E-state index contributed by atoms with van der Waals surface area (Å²) in [6.07, 6.45) is 1.33. The molecule has 72 valence electrons. The summed E-state index contributed by atoms with van der Waals surface area (Å²) in [7, 11) is -4.05. The van der Waals surface area contributed by atoms with Crippen LogP contribution >= 0.6 is 27.5 Å². The molecule has 13 heavy (non-hydrogen) atoms. The average molecular weight is 288 g/mol. The van der Waals surface area contributed by atoms with Gasteiger partial charge >= 0.3 is 10.3 Å². The van der Waals surface area contributed by atoms with Crippen molar-refractivity contribution in [2.45, 2.75) is 0 Å². The van der Waals surface area contributed by atoms with E-state index in [1.54, 1.807) is 0 Å². The van der Waals surface area contributed by atoms with Gasteiger partial charge in [0.15, 0.2) is 5.75 Å². The van der Waals surface area contributed by atoms with Crippen molar-refractivity contribution in [3.63, 3.8) is 0 Å². The van der Waals surface area contributed by atoms with Crippen molar-refractivity contribution < 1.29 is 12.6 Å². The lowest BCUT2D eigenvalue weighted by molar-refractivity contribution is 0.485. The van der Waals surface area contributed by atoms with Crippen molar-refractivity contribution in [1.82, 2.24) is 4.98 Å². The van der Waals surface area contributed by atoms with Gasteiger partial charge in [0, 0.05) is 12.3 Å². The quantitative estimate of drug-likeness (QED) is 0.825. The zero-order valence-corrected chi connectivity index (χ0v) is 9.23. The molecule has 1 heterocycles. The van der Waals surface area contributed by atoms with E-state index in [1.165, 1.54) is 12.3 Å². The number of rotatable bonds is 2. The van der Waals surface area contributed by atoms with Crippen LogP contribution in [0.1, 0.15) is 0 Å². The first-order valence-corrected chi connectivity index (χ1v) is 5.56. The maximum atomic E-state index is 10.5. The minimum Gasteiger partial charge on any atom is -0.368 e. The Hall–Kier alpha value is -0.370. The van der Waals surface area contributed by atoms with E-state index in [0.29, 0.717) is 0 Å². The van der Waals surface area contributed by atoms with E-state index < -0.39 is 10.3 Å². The number of aromatic nitrogens is 1. The van der Waals surface area contributed by atoms with Crippen LogP contribution in [0.4, 0.5) is 0 Å².